The number of fused-ring (bicyclic) bond motifs is 2. The van der Waals surface area contributed by atoms with Crippen molar-refractivity contribution in [3.05, 3.63) is 47.8 Å². The summed E-state index contributed by atoms with van der Waals surface area (Å²) in [4.78, 5) is 0. The molecular formula is C33H47F. The maximum atomic E-state index is 13.5. The number of hydrogen-bond acceptors (Lipinski definition) is 0. The maximum Gasteiger partial charge on any atom is 0.123 e. The van der Waals surface area contributed by atoms with Gasteiger partial charge in [-0.3, -0.25) is 0 Å². The van der Waals surface area contributed by atoms with Crippen molar-refractivity contribution in [2.75, 3.05) is 0 Å². The molecule has 3 aliphatic carbocycles. The van der Waals surface area contributed by atoms with Gasteiger partial charge in [0.15, 0.2) is 0 Å². The number of halogens is 1. The van der Waals surface area contributed by atoms with Gasteiger partial charge in [0.1, 0.15) is 5.82 Å². The van der Waals surface area contributed by atoms with Crippen molar-refractivity contribution in [3.63, 3.8) is 0 Å². The van der Waals surface area contributed by atoms with Crippen LogP contribution in [0.4, 0.5) is 4.39 Å². The van der Waals surface area contributed by atoms with Crippen LogP contribution in [0.2, 0.25) is 0 Å². The molecule has 186 valence electrons. The molecule has 3 aliphatic rings. The molecule has 3 saturated carbocycles. The Labute approximate surface area is 208 Å². The molecule has 0 nitrogen and oxygen atoms in total. The van der Waals surface area contributed by atoms with Crippen molar-refractivity contribution in [1.29, 1.82) is 0 Å². The number of benzene rings is 2. The Balaban J connectivity index is 1.07. The van der Waals surface area contributed by atoms with E-state index in [2.05, 4.69) is 25.1 Å². The Morgan fingerprint density at radius 2 is 1.29 bits per heavy atom. The highest BCUT2D eigenvalue weighted by atomic mass is 19.1. The molecule has 5 rings (SSSR count). The first-order valence-corrected chi connectivity index (χ1v) is 14.9. The highest BCUT2D eigenvalue weighted by Crippen LogP contribution is 2.50. The smallest absolute Gasteiger partial charge is 0.123 e. The quantitative estimate of drug-likeness (QED) is 0.342. The third-order valence-corrected chi connectivity index (χ3v) is 10.2. The second-order valence-electron chi connectivity index (χ2n) is 12.3. The Morgan fingerprint density at radius 3 is 2.12 bits per heavy atom. The summed E-state index contributed by atoms with van der Waals surface area (Å²) >= 11 is 0. The fraction of sp³-hybridized carbons (Fsp3) is 0.697. The van der Waals surface area contributed by atoms with E-state index in [-0.39, 0.29) is 5.82 Å². The zero-order valence-electron chi connectivity index (χ0n) is 21.6. The summed E-state index contributed by atoms with van der Waals surface area (Å²) in [5.41, 5.74) is 1.48. The predicted octanol–water partition coefficient (Wildman–Crippen LogP) is 10.4. The van der Waals surface area contributed by atoms with Crippen LogP contribution in [0, 0.1) is 35.4 Å². The minimum absolute atomic E-state index is 0.133. The Bertz CT molecular complexity index is 908. The molecule has 3 fully saturated rings. The summed E-state index contributed by atoms with van der Waals surface area (Å²) in [5.74, 6) is 5.71. The molecular weight excluding hydrogens is 415 g/mol. The van der Waals surface area contributed by atoms with Crippen LogP contribution < -0.4 is 0 Å². The van der Waals surface area contributed by atoms with Crippen molar-refractivity contribution in [2.24, 2.45) is 29.6 Å². The highest BCUT2D eigenvalue weighted by molar-refractivity contribution is 5.83. The average Bonchev–Trinajstić information content (AvgIpc) is 2.88. The van der Waals surface area contributed by atoms with Gasteiger partial charge in [-0.2, -0.15) is 0 Å². The summed E-state index contributed by atoms with van der Waals surface area (Å²) in [6.45, 7) is 2.32. The number of hydrogen-bond donors (Lipinski definition) is 0. The molecule has 0 bridgehead atoms. The first-order chi connectivity index (χ1) is 16.7. The molecule has 4 unspecified atom stereocenters. The standard InChI is InChI=1S/C33H47F/c1-2-3-4-5-6-7-24-8-9-30-21-28(15-14-27(30)20-24)25-10-12-26(13-11-25)29-16-17-32-23-33(34)19-18-31(32)22-29/h16-19,22-28,30H,2-15,20-21H2,1H3. The van der Waals surface area contributed by atoms with Gasteiger partial charge in [0.05, 0.1) is 0 Å². The Kier molecular flexibility index (Phi) is 8.28. The summed E-state index contributed by atoms with van der Waals surface area (Å²) in [5, 5.41) is 2.22. The van der Waals surface area contributed by atoms with Gasteiger partial charge in [-0.1, -0.05) is 76.1 Å². The summed E-state index contributed by atoms with van der Waals surface area (Å²) in [6, 6.07) is 11.9. The molecule has 0 aromatic heterocycles. The molecule has 0 N–H and O–H groups in total. The molecule has 0 saturated heterocycles. The Hall–Kier alpha value is -1.37. The van der Waals surface area contributed by atoms with Crippen molar-refractivity contribution in [3.8, 4) is 0 Å². The zero-order chi connectivity index (χ0) is 23.3. The van der Waals surface area contributed by atoms with Crippen LogP contribution in [-0.4, -0.2) is 0 Å². The maximum absolute atomic E-state index is 13.5. The lowest BCUT2D eigenvalue weighted by Gasteiger charge is -2.45. The van der Waals surface area contributed by atoms with E-state index in [1.807, 2.05) is 6.07 Å². The third kappa shape index (κ3) is 5.88. The van der Waals surface area contributed by atoms with Crippen LogP contribution in [0.3, 0.4) is 0 Å². The minimum atomic E-state index is -0.133. The normalized spacial score (nSPS) is 31.9. The molecule has 0 radical (unpaired) electrons. The fourth-order valence-electron chi connectivity index (χ4n) is 8.16. The van der Waals surface area contributed by atoms with E-state index in [0.717, 1.165) is 35.0 Å². The SMILES string of the molecule is CCCCCCCC1CCC2CC(C3CCC(c4ccc5cc(F)ccc5c4)CC3)CCC2C1. The van der Waals surface area contributed by atoms with E-state index in [9.17, 15) is 4.39 Å². The third-order valence-electron chi connectivity index (χ3n) is 10.2. The van der Waals surface area contributed by atoms with Crippen LogP contribution >= 0.6 is 0 Å². The van der Waals surface area contributed by atoms with Crippen molar-refractivity contribution in [1.82, 2.24) is 0 Å². The van der Waals surface area contributed by atoms with E-state index in [0.29, 0.717) is 5.92 Å². The molecule has 34 heavy (non-hydrogen) atoms. The van der Waals surface area contributed by atoms with Crippen molar-refractivity contribution >= 4 is 10.8 Å². The molecule has 2 aromatic rings. The van der Waals surface area contributed by atoms with Crippen molar-refractivity contribution < 1.29 is 4.39 Å². The van der Waals surface area contributed by atoms with Gasteiger partial charge >= 0.3 is 0 Å². The topological polar surface area (TPSA) is 0 Å². The van der Waals surface area contributed by atoms with Crippen LogP contribution in [0.1, 0.15) is 121 Å². The number of unbranched alkanes of at least 4 members (excludes halogenated alkanes) is 4. The van der Waals surface area contributed by atoms with E-state index >= 15 is 0 Å². The van der Waals surface area contributed by atoms with Crippen LogP contribution in [0.5, 0.6) is 0 Å². The summed E-state index contributed by atoms with van der Waals surface area (Å²) in [6.07, 6.45) is 23.5. The molecule has 1 heteroatoms. The van der Waals surface area contributed by atoms with Crippen LogP contribution in [-0.2, 0) is 0 Å². The first-order valence-electron chi connectivity index (χ1n) is 14.9. The fourth-order valence-corrected chi connectivity index (χ4v) is 8.16. The van der Waals surface area contributed by atoms with Crippen LogP contribution in [0.25, 0.3) is 10.8 Å². The molecule has 0 aliphatic heterocycles. The molecule has 2 aromatic carbocycles. The summed E-state index contributed by atoms with van der Waals surface area (Å²) in [7, 11) is 0. The second-order valence-corrected chi connectivity index (χ2v) is 12.3. The summed E-state index contributed by atoms with van der Waals surface area (Å²) < 4.78 is 13.5. The minimum Gasteiger partial charge on any atom is -0.207 e. The first kappa shape index (κ1) is 24.3. The van der Waals surface area contributed by atoms with Gasteiger partial charge in [0.2, 0.25) is 0 Å². The molecule has 4 atom stereocenters. The lowest BCUT2D eigenvalue weighted by Crippen LogP contribution is -2.34. The van der Waals surface area contributed by atoms with Gasteiger partial charge in [-0.05, 0) is 122 Å². The monoisotopic (exact) mass is 462 g/mol. The lowest BCUT2D eigenvalue weighted by molar-refractivity contribution is 0.0613. The van der Waals surface area contributed by atoms with E-state index < -0.39 is 0 Å². The highest BCUT2D eigenvalue weighted by Gasteiger charge is 2.38. The van der Waals surface area contributed by atoms with Crippen LogP contribution in [0.15, 0.2) is 36.4 Å². The van der Waals surface area contributed by atoms with Crippen molar-refractivity contribution in [2.45, 2.75) is 116 Å². The predicted molar refractivity (Wildman–Crippen MR) is 144 cm³/mol. The average molecular weight is 463 g/mol. The molecule has 0 spiro atoms. The molecule has 0 amide bonds. The lowest BCUT2D eigenvalue weighted by atomic mass is 9.60. The largest absolute Gasteiger partial charge is 0.207 e. The second kappa shape index (κ2) is 11.6. The van der Waals surface area contributed by atoms with Gasteiger partial charge < -0.3 is 0 Å². The van der Waals surface area contributed by atoms with Gasteiger partial charge in [0.25, 0.3) is 0 Å². The van der Waals surface area contributed by atoms with E-state index in [4.69, 9.17) is 0 Å². The molecule has 0 heterocycles. The van der Waals surface area contributed by atoms with Gasteiger partial charge in [-0.25, -0.2) is 4.39 Å². The van der Waals surface area contributed by atoms with Gasteiger partial charge in [0, 0.05) is 0 Å². The van der Waals surface area contributed by atoms with Gasteiger partial charge in [-0.15, -0.1) is 0 Å². The Morgan fingerprint density at radius 1 is 0.647 bits per heavy atom. The number of rotatable bonds is 8. The zero-order valence-corrected chi connectivity index (χ0v) is 21.6. The van der Waals surface area contributed by atoms with E-state index in [1.165, 1.54) is 101 Å². The van der Waals surface area contributed by atoms with E-state index in [1.54, 1.807) is 25.0 Å².